The number of nitrogens with one attached hydrogen (secondary N) is 1. The third kappa shape index (κ3) is 5.27. The van der Waals surface area contributed by atoms with Crippen LogP contribution in [0.1, 0.15) is 38.3 Å². The van der Waals surface area contributed by atoms with Crippen LogP contribution in [0, 0.1) is 5.82 Å². The van der Waals surface area contributed by atoms with Gasteiger partial charge in [0.05, 0.1) is 13.2 Å². The van der Waals surface area contributed by atoms with Gasteiger partial charge in [-0.1, -0.05) is 25.5 Å². The van der Waals surface area contributed by atoms with Crippen molar-refractivity contribution in [1.29, 1.82) is 0 Å². The maximum absolute atomic E-state index is 13.0. The van der Waals surface area contributed by atoms with Gasteiger partial charge in [0.1, 0.15) is 5.82 Å². The smallest absolute Gasteiger partial charge is 0.319 e. The summed E-state index contributed by atoms with van der Waals surface area (Å²) in [5, 5.41) is 3.01. The summed E-state index contributed by atoms with van der Waals surface area (Å²) in [5.74, 6) is -0.543. The molecule has 4 heteroatoms. The number of esters is 1. The van der Waals surface area contributed by atoms with E-state index in [4.69, 9.17) is 4.74 Å². The monoisotopic (exact) mass is 253 g/mol. The van der Waals surface area contributed by atoms with Crippen LogP contribution >= 0.6 is 0 Å². The molecule has 0 heterocycles. The van der Waals surface area contributed by atoms with E-state index >= 15 is 0 Å². The first kappa shape index (κ1) is 14.6. The van der Waals surface area contributed by atoms with Gasteiger partial charge in [-0.15, -0.1) is 0 Å². The van der Waals surface area contributed by atoms with Crippen LogP contribution in [0.5, 0.6) is 0 Å². The van der Waals surface area contributed by atoms with Crippen molar-refractivity contribution in [2.45, 2.75) is 32.7 Å². The minimum Gasteiger partial charge on any atom is -0.465 e. The van der Waals surface area contributed by atoms with E-state index in [9.17, 15) is 9.18 Å². The molecular weight excluding hydrogens is 233 g/mol. The summed E-state index contributed by atoms with van der Waals surface area (Å²) in [6.07, 6.45) is 1.88. The fourth-order valence-corrected chi connectivity index (χ4v) is 1.51. The van der Waals surface area contributed by atoms with Gasteiger partial charge in [0.2, 0.25) is 0 Å². The molecule has 0 bridgehead atoms. The van der Waals surface area contributed by atoms with Crippen LogP contribution in [0.15, 0.2) is 24.3 Å². The Kier molecular flexibility index (Phi) is 6.36. The molecule has 0 saturated heterocycles. The molecule has 1 aromatic carbocycles. The molecule has 0 unspecified atom stereocenters. The SMILES string of the molecule is CCCCOC(=O)CN[C@H](C)c1cccc(F)c1. The summed E-state index contributed by atoms with van der Waals surface area (Å²) < 4.78 is 18.0. The first-order valence-electron chi connectivity index (χ1n) is 6.28. The zero-order valence-electron chi connectivity index (χ0n) is 10.9. The normalized spacial score (nSPS) is 12.2. The number of hydrogen-bond donors (Lipinski definition) is 1. The number of unbranched alkanes of at least 4 members (excludes halogenated alkanes) is 1. The minimum atomic E-state index is -0.272. The van der Waals surface area contributed by atoms with Crippen molar-refractivity contribution in [3.8, 4) is 0 Å². The summed E-state index contributed by atoms with van der Waals surface area (Å²) in [6, 6.07) is 6.25. The van der Waals surface area contributed by atoms with Gasteiger partial charge >= 0.3 is 5.97 Å². The second kappa shape index (κ2) is 7.82. The fourth-order valence-electron chi connectivity index (χ4n) is 1.51. The molecule has 1 rings (SSSR count). The molecule has 0 amide bonds. The Hall–Kier alpha value is -1.42. The third-order valence-electron chi connectivity index (χ3n) is 2.66. The van der Waals surface area contributed by atoms with E-state index in [1.165, 1.54) is 12.1 Å². The molecule has 0 aliphatic carbocycles. The standard InChI is InChI=1S/C14H20FNO2/c1-3-4-8-18-14(17)10-16-11(2)12-6-5-7-13(15)9-12/h5-7,9,11,16H,3-4,8,10H2,1-2H3/t11-/m1/s1. The molecule has 0 aliphatic rings. The van der Waals surface area contributed by atoms with E-state index in [0.29, 0.717) is 6.61 Å². The predicted octanol–water partition coefficient (Wildman–Crippen LogP) is 2.82. The van der Waals surface area contributed by atoms with Crippen molar-refractivity contribution in [2.24, 2.45) is 0 Å². The van der Waals surface area contributed by atoms with Gasteiger partial charge in [0.15, 0.2) is 0 Å². The molecule has 0 fully saturated rings. The zero-order valence-corrected chi connectivity index (χ0v) is 10.9. The lowest BCUT2D eigenvalue weighted by atomic mass is 10.1. The number of rotatable bonds is 7. The van der Waals surface area contributed by atoms with Gasteiger partial charge in [-0.3, -0.25) is 4.79 Å². The molecule has 1 atom stereocenters. The summed E-state index contributed by atoms with van der Waals surface area (Å²) >= 11 is 0. The molecular formula is C14H20FNO2. The Bertz CT molecular complexity index is 382. The van der Waals surface area contributed by atoms with E-state index in [1.807, 2.05) is 19.9 Å². The molecule has 3 nitrogen and oxygen atoms in total. The average Bonchev–Trinajstić information content (AvgIpc) is 2.36. The lowest BCUT2D eigenvalue weighted by Crippen LogP contribution is -2.27. The second-order valence-corrected chi connectivity index (χ2v) is 4.23. The number of carbonyl (C=O) groups is 1. The highest BCUT2D eigenvalue weighted by molar-refractivity contribution is 5.71. The quantitative estimate of drug-likeness (QED) is 0.600. The molecule has 0 saturated carbocycles. The molecule has 0 radical (unpaired) electrons. The third-order valence-corrected chi connectivity index (χ3v) is 2.66. The van der Waals surface area contributed by atoms with E-state index in [0.717, 1.165) is 18.4 Å². The lowest BCUT2D eigenvalue weighted by Gasteiger charge is -2.13. The Morgan fingerprint density at radius 2 is 2.28 bits per heavy atom. The van der Waals surface area contributed by atoms with Crippen molar-refractivity contribution in [1.82, 2.24) is 5.32 Å². The molecule has 0 aliphatic heterocycles. The number of ether oxygens (including phenoxy) is 1. The summed E-state index contributed by atoms with van der Waals surface area (Å²) in [6.45, 7) is 4.53. The van der Waals surface area contributed by atoms with E-state index in [2.05, 4.69) is 5.32 Å². The van der Waals surface area contributed by atoms with E-state index in [1.54, 1.807) is 6.07 Å². The molecule has 0 spiro atoms. The van der Waals surface area contributed by atoms with Crippen LogP contribution in [0.2, 0.25) is 0 Å². The Labute approximate surface area is 107 Å². The van der Waals surface area contributed by atoms with Crippen LogP contribution in [0.4, 0.5) is 4.39 Å². The summed E-state index contributed by atoms with van der Waals surface area (Å²) in [7, 11) is 0. The van der Waals surface area contributed by atoms with Crippen molar-refractivity contribution in [3.63, 3.8) is 0 Å². The number of benzene rings is 1. The lowest BCUT2D eigenvalue weighted by molar-refractivity contribution is -0.142. The minimum absolute atomic E-state index is 0.0839. The van der Waals surface area contributed by atoms with Crippen LogP contribution < -0.4 is 5.32 Å². The fraction of sp³-hybridized carbons (Fsp3) is 0.500. The van der Waals surface area contributed by atoms with Crippen molar-refractivity contribution < 1.29 is 13.9 Å². The van der Waals surface area contributed by atoms with Crippen molar-refractivity contribution in [3.05, 3.63) is 35.6 Å². The highest BCUT2D eigenvalue weighted by Gasteiger charge is 2.08. The van der Waals surface area contributed by atoms with E-state index in [-0.39, 0.29) is 24.4 Å². The maximum atomic E-state index is 13.0. The number of hydrogen-bond acceptors (Lipinski definition) is 3. The van der Waals surface area contributed by atoms with Crippen molar-refractivity contribution in [2.75, 3.05) is 13.2 Å². The molecule has 0 aromatic heterocycles. The van der Waals surface area contributed by atoms with Crippen LogP contribution in [0.3, 0.4) is 0 Å². The first-order chi connectivity index (χ1) is 8.63. The summed E-state index contributed by atoms with van der Waals surface area (Å²) in [4.78, 5) is 11.4. The highest BCUT2D eigenvalue weighted by Crippen LogP contribution is 2.12. The van der Waals surface area contributed by atoms with Gasteiger partial charge in [-0.05, 0) is 31.0 Å². The number of carbonyl (C=O) groups excluding carboxylic acids is 1. The average molecular weight is 253 g/mol. The zero-order chi connectivity index (χ0) is 13.4. The topological polar surface area (TPSA) is 38.3 Å². The van der Waals surface area contributed by atoms with Crippen LogP contribution in [0.25, 0.3) is 0 Å². The molecule has 18 heavy (non-hydrogen) atoms. The molecule has 1 aromatic rings. The first-order valence-corrected chi connectivity index (χ1v) is 6.28. The molecule has 1 N–H and O–H groups in total. The Balaban J connectivity index is 2.32. The van der Waals surface area contributed by atoms with Gasteiger partial charge in [0.25, 0.3) is 0 Å². The number of halogens is 1. The van der Waals surface area contributed by atoms with Gasteiger partial charge in [-0.25, -0.2) is 4.39 Å². The molecule has 100 valence electrons. The van der Waals surface area contributed by atoms with Crippen molar-refractivity contribution >= 4 is 5.97 Å². The largest absolute Gasteiger partial charge is 0.465 e. The van der Waals surface area contributed by atoms with Crippen LogP contribution in [-0.4, -0.2) is 19.1 Å². The van der Waals surface area contributed by atoms with Gasteiger partial charge in [0, 0.05) is 6.04 Å². The predicted molar refractivity (Wildman–Crippen MR) is 68.7 cm³/mol. The van der Waals surface area contributed by atoms with E-state index < -0.39 is 0 Å². The van der Waals surface area contributed by atoms with Crippen LogP contribution in [-0.2, 0) is 9.53 Å². The highest BCUT2D eigenvalue weighted by atomic mass is 19.1. The summed E-state index contributed by atoms with van der Waals surface area (Å²) in [5.41, 5.74) is 0.816. The Morgan fingerprint density at radius 1 is 1.50 bits per heavy atom. The maximum Gasteiger partial charge on any atom is 0.319 e. The Morgan fingerprint density at radius 3 is 2.94 bits per heavy atom. The van der Waals surface area contributed by atoms with Gasteiger partial charge in [-0.2, -0.15) is 0 Å². The van der Waals surface area contributed by atoms with Gasteiger partial charge < -0.3 is 10.1 Å². The second-order valence-electron chi connectivity index (χ2n) is 4.23.